The molecule has 1 saturated heterocycles. The lowest BCUT2D eigenvalue weighted by Gasteiger charge is -2.30. The number of hydrogen-bond donors (Lipinski definition) is 1. The zero-order valence-corrected chi connectivity index (χ0v) is 19.2. The monoisotopic (exact) mass is 464 g/mol. The standard InChI is InChI=1S/C24H24N4O6/c1-24(2,3)18-12-16(27-10-9-20(29)26-23(27)30)11-17(21(18)33-4)22-25-13-19(34-22)14-5-7-15(8-6-14)28(31)32/h5-8,11-13H,9-10H2,1-4H3,(H,26,29,30). The Bertz CT molecular complexity index is 1270. The van der Waals surface area contributed by atoms with Crippen molar-refractivity contribution in [2.75, 3.05) is 18.6 Å². The van der Waals surface area contributed by atoms with Crippen molar-refractivity contribution in [1.29, 1.82) is 0 Å². The number of nitrogens with zero attached hydrogens (tertiary/aromatic N) is 3. The minimum Gasteiger partial charge on any atom is -0.496 e. The number of nitrogens with one attached hydrogen (secondary N) is 1. The summed E-state index contributed by atoms with van der Waals surface area (Å²) in [7, 11) is 1.56. The average molecular weight is 464 g/mol. The molecule has 0 saturated carbocycles. The molecule has 4 rings (SSSR count). The number of non-ortho nitro benzene ring substituents is 1. The Balaban J connectivity index is 1.81. The van der Waals surface area contributed by atoms with Gasteiger partial charge in [0.1, 0.15) is 5.75 Å². The Hall–Kier alpha value is -4.21. The SMILES string of the molecule is COc1c(-c2ncc(-c3ccc([N+](=O)[O-])cc3)o2)cc(N2CCC(=O)NC2=O)cc1C(C)(C)C. The maximum absolute atomic E-state index is 12.5. The third-order valence-electron chi connectivity index (χ3n) is 5.55. The van der Waals surface area contributed by atoms with Crippen LogP contribution in [0.25, 0.3) is 22.8 Å². The molecule has 1 aromatic heterocycles. The van der Waals surface area contributed by atoms with Gasteiger partial charge in [0, 0.05) is 41.9 Å². The van der Waals surface area contributed by atoms with E-state index in [2.05, 4.69) is 10.3 Å². The van der Waals surface area contributed by atoms with Crippen LogP contribution in [0.1, 0.15) is 32.8 Å². The minimum absolute atomic E-state index is 0.0223. The van der Waals surface area contributed by atoms with Gasteiger partial charge in [-0.3, -0.25) is 25.1 Å². The minimum atomic E-state index is -0.494. The van der Waals surface area contributed by atoms with Gasteiger partial charge in [-0.1, -0.05) is 20.8 Å². The van der Waals surface area contributed by atoms with Gasteiger partial charge in [-0.05, 0) is 29.7 Å². The second-order valence-corrected chi connectivity index (χ2v) is 8.91. The van der Waals surface area contributed by atoms with Gasteiger partial charge in [0.05, 0.1) is 23.8 Å². The molecule has 0 atom stereocenters. The highest BCUT2D eigenvalue weighted by Gasteiger charge is 2.30. The van der Waals surface area contributed by atoms with Crippen molar-refractivity contribution in [3.8, 4) is 28.5 Å². The highest BCUT2D eigenvalue weighted by Crippen LogP contribution is 2.43. The van der Waals surface area contributed by atoms with Crippen LogP contribution in [0.2, 0.25) is 0 Å². The van der Waals surface area contributed by atoms with Gasteiger partial charge in [0.25, 0.3) is 5.69 Å². The maximum atomic E-state index is 12.5. The summed E-state index contributed by atoms with van der Waals surface area (Å²) in [5, 5.41) is 13.3. The molecule has 0 bridgehead atoms. The molecule has 2 heterocycles. The lowest BCUT2D eigenvalue weighted by Crippen LogP contribution is -2.49. The van der Waals surface area contributed by atoms with Crippen LogP contribution < -0.4 is 15.0 Å². The first-order chi connectivity index (χ1) is 16.1. The lowest BCUT2D eigenvalue weighted by atomic mass is 9.84. The number of hydrogen-bond acceptors (Lipinski definition) is 7. The van der Waals surface area contributed by atoms with E-state index in [1.807, 2.05) is 26.8 Å². The molecule has 0 aliphatic carbocycles. The summed E-state index contributed by atoms with van der Waals surface area (Å²) in [6, 6.07) is 9.09. The molecule has 10 heteroatoms. The van der Waals surface area contributed by atoms with Crippen LogP contribution in [-0.4, -0.2) is 35.5 Å². The van der Waals surface area contributed by atoms with E-state index in [-0.39, 0.29) is 35.9 Å². The summed E-state index contributed by atoms with van der Waals surface area (Å²) in [6.07, 6.45) is 1.73. The molecular weight excluding hydrogens is 440 g/mol. The predicted molar refractivity (Wildman–Crippen MR) is 125 cm³/mol. The predicted octanol–water partition coefficient (Wildman–Crippen LogP) is 4.67. The molecule has 1 aliphatic rings. The third kappa shape index (κ3) is 4.34. The van der Waals surface area contributed by atoms with E-state index < -0.39 is 11.0 Å². The fraction of sp³-hybridized carbons (Fsp3) is 0.292. The normalized spacial score (nSPS) is 14.2. The third-order valence-corrected chi connectivity index (χ3v) is 5.55. The first-order valence-corrected chi connectivity index (χ1v) is 10.6. The number of imide groups is 1. The number of nitro benzene ring substituents is 1. The van der Waals surface area contributed by atoms with Gasteiger partial charge in [-0.25, -0.2) is 9.78 Å². The molecule has 176 valence electrons. The lowest BCUT2D eigenvalue weighted by molar-refractivity contribution is -0.384. The van der Waals surface area contributed by atoms with Gasteiger partial charge in [0.15, 0.2) is 5.76 Å². The van der Waals surface area contributed by atoms with Gasteiger partial charge >= 0.3 is 6.03 Å². The van der Waals surface area contributed by atoms with E-state index in [9.17, 15) is 19.7 Å². The number of ether oxygens (including phenoxy) is 1. The Morgan fingerprint density at radius 3 is 2.47 bits per heavy atom. The first-order valence-electron chi connectivity index (χ1n) is 10.6. The molecule has 1 N–H and O–H groups in total. The van der Waals surface area contributed by atoms with Crippen molar-refractivity contribution in [2.24, 2.45) is 0 Å². The number of oxazole rings is 1. The highest BCUT2D eigenvalue weighted by molar-refractivity contribution is 6.06. The van der Waals surface area contributed by atoms with E-state index >= 15 is 0 Å². The molecule has 1 aliphatic heterocycles. The second-order valence-electron chi connectivity index (χ2n) is 8.91. The van der Waals surface area contributed by atoms with Crippen molar-refractivity contribution in [3.05, 3.63) is 58.3 Å². The van der Waals surface area contributed by atoms with Crippen molar-refractivity contribution in [3.63, 3.8) is 0 Å². The van der Waals surface area contributed by atoms with Crippen LogP contribution >= 0.6 is 0 Å². The number of amides is 3. The Morgan fingerprint density at radius 1 is 1.18 bits per heavy atom. The second kappa shape index (κ2) is 8.62. The highest BCUT2D eigenvalue weighted by atomic mass is 16.6. The summed E-state index contributed by atoms with van der Waals surface area (Å²) in [5.74, 6) is 0.940. The topological polar surface area (TPSA) is 128 Å². The van der Waals surface area contributed by atoms with Gasteiger partial charge < -0.3 is 9.15 Å². The zero-order valence-electron chi connectivity index (χ0n) is 19.2. The van der Waals surface area contributed by atoms with Crippen LogP contribution in [0.5, 0.6) is 5.75 Å². The molecule has 34 heavy (non-hydrogen) atoms. The van der Waals surface area contributed by atoms with E-state index in [4.69, 9.17) is 9.15 Å². The molecule has 1 fully saturated rings. The Labute approximate surface area is 195 Å². The summed E-state index contributed by atoms with van der Waals surface area (Å²) in [5.41, 5.74) is 2.23. The number of rotatable bonds is 5. The largest absolute Gasteiger partial charge is 0.496 e. The molecular formula is C24H24N4O6. The summed E-state index contributed by atoms with van der Waals surface area (Å²) in [6.45, 7) is 6.32. The summed E-state index contributed by atoms with van der Waals surface area (Å²) < 4.78 is 11.8. The molecule has 3 amide bonds. The molecule has 10 nitrogen and oxygen atoms in total. The fourth-order valence-electron chi connectivity index (χ4n) is 3.80. The number of benzene rings is 2. The van der Waals surface area contributed by atoms with Crippen molar-refractivity contribution < 1.29 is 23.7 Å². The fourth-order valence-corrected chi connectivity index (χ4v) is 3.80. The zero-order chi connectivity index (χ0) is 24.6. The van der Waals surface area contributed by atoms with E-state index in [0.717, 1.165) is 5.56 Å². The van der Waals surface area contributed by atoms with E-state index in [0.29, 0.717) is 28.3 Å². The Morgan fingerprint density at radius 2 is 1.88 bits per heavy atom. The summed E-state index contributed by atoms with van der Waals surface area (Å²) in [4.78, 5) is 40.5. The van der Waals surface area contributed by atoms with Crippen LogP contribution in [0.4, 0.5) is 16.2 Å². The first kappa shape index (κ1) is 23.0. The number of urea groups is 1. The van der Waals surface area contributed by atoms with Crippen molar-refractivity contribution in [2.45, 2.75) is 32.6 Å². The number of nitro groups is 1. The quantitative estimate of drug-likeness (QED) is 0.429. The number of aromatic nitrogens is 1. The molecule has 0 radical (unpaired) electrons. The smallest absolute Gasteiger partial charge is 0.328 e. The van der Waals surface area contributed by atoms with Crippen LogP contribution in [0.3, 0.4) is 0 Å². The molecule has 3 aromatic rings. The molecule has 0 unspecified atom stereocenters. The van der Waals surface area contributed by atoms with Crippen molar-refractivity contribution in [1.82, 2.24) is 10.3 Å². The molecule has 2 aromatic carbocycles. The number of methoxy groups -OCH3 is 1. The van der Waals surface area contributed by atoms with Gasteiger partial charge in [-0.2, -0.15) is 0 Å². The van der Waals surface area contributed by atoms with Gasteiger partial charge in [0.2, 0.25) is 11.8 Å². The Kier molecular flexibility index (Phi) is 5.82. The average Bonchev–Trinajstić information content (AvgIpc) is 3.28. The maximum Gasteiger partial charge on any atom is 0.328 e. The number of anilines is 1. The number of carbonyl (C=O) groups is 2. The number of carbonyl (C=O) groups excluding carboxylic acids is 2. The summed E-state index contributed by atoms with van der Waals surface area (Å²) >= 11 is 0. The van der Waals surface area contributed by atoms with E-state index in [1.54, 1.807) is 25.3 Å². The van der Waals surface area contributed by atoms with Crippen LogP contribution in [0.15, 0.2) is 47.0 Å². The van der Waals surface area contributed by atoms with Crippen LogP contribution in [0, 0.1) is 10.1 Å². The van der Waals surface area contributed by atoms with E-state index in [1.165, 1.54) is 23.2 Å². The molecule has 0 spiro atoms. The van der Waals surface area contributed by atoms with Gasteiger partial charge in [-0.15, -0.1) is 0 Å². The van der Waals surface area contributed by atoms with Crippen molar-refractivity contribution >= 4 is 23.3 Å². The van der Waals surface area contributed by atoms with Crippen LogP contribution in [-0.2, 0) is 10.2 Å².